The second-order valence-electron chi connectivity index (χ2n) is 6.83. The van der Waals surface area contributed by atoms with Crippen molar-refractivity contribution < 1.29 is 14.3 Å². The number of hydrogen-bond donors (Lipinski definition) is 1. The molecule has 4 aromatic rings. The van der Waals surface area contributed by atoms with Gasteiger partial charge in [0.05, 0.1) is 29.5 Å². The zero-order chi connectivity index (χ0) is 19.8. The minimum atomic E-state index is -0.153. The monoisotopic (exact) mass is 405 g/mol. The fourth-order valence-corrected chi connectivity index (χ4v) is 4.42. The third kappa shape index (κ3) is 3.34. The molecule has 0 bridgehead atoms. The van der Waals surface area contributed by atoms with E-state index < -0.39 is 0 Å². The Kier molecular flexibility index (Phi) is 4.44. The molecule has 1 aliphatic rings. The van der Waals surface area contributed by atoms with Gasteiger partial charge < -0.3 is 14.8 Å². The maximum Gasteiger partial charge on any atom is 0.265 e. The summed E-state index contributed by atoms with van der Waals surface area (Å²) < 4.78 is 13.2. The van der Waals surface area contributed by atoms with Crippen LogP contribution in [-0.4, -0.2) is 28.9 Å². The summed E-state index contributed by atoms with van der Waals surface area (Å²) >= 11 is 1.43. The van der Waals surface area contributed by atoms with E-state index in [1.807, 2.05) is 66.2 Å². The van der Waals surface area contributed by atoms with Gasteiger partial charge in [-0.15, -0.1) is 11.3 Å². The normalized spacial score (nSPS) is 13.3. The van der Waals surface area contributed by atoms with Crippen LogP contribution in [0.4, 0.5) is 5.69 Å². The number of nitrogens with zero attached hydrogens (tertiary/aromatic N) is 2. The lowest BCUT2D eigenvalue weighted by Crippen LogP contribution is -2.10. The van der Waals surface area contributed by atoms with Crippen molar-refractivity contribution in [3.8, 4) is 17.2 Å². The summed E-state index contributed by atoms with van der Waals surface area (Å²) in [5, 5.41) is 8.58. The van der Waals surface area contributed by atoms with Crippen LogP contribution in [0.3, 0.4) is 0 Å². The number of nitrogens with one attached hydrogen (secondary N) is 1. The summed E-state index contributed by atoms with van der Waals surface area (Å²) in [5.74, 6) is 1.22. The number of thiophene rings is 1. The van der Waals surface area contributed by atoms with Crippen LogP contribution in [0.25, 0.3) is 15.9 Å². The molecule has 7 heteroatoms. The summed E-state index contributed by atoms with van der Waals surface area (Å²) in [6, 6.07) is 17.3. The highest BCUT2D eigenvalue weighted by Crippen LogP contribution is 2.34. The number of anilines is 1. The third-order valence-electron chi connectivity index (χ3n) is 4.77. The number of hydrogen-bond acceptors (Lipinski definition) is 5. The first-order valence-corrected chi connectivity index (χ1v) is 10.3. The molecular weight excluding hydrogens is 386 g/mol. The number of amides is 1. The van der Waals surface area contributed by atoms with E-state index in [4.69, 9.17) is 9.47 Å². The number of carbonyl (C=O) groups is 1. The average molecular weight is 405 g/mol. The standard InChI is InChI=1S/C22H19N3O3S/c1-14-17-13-20(29-22(17)25(24-14)16-6-3-2-4-7-16)21(26)23-15-8-9-18-19(12-15)28-11-5-10-27-18/h2-4,6-9,12-13H,5,10-11H2,1H3,(H,23,26). The number of carbonyl (C=O) groups excluding carboxylic acids is 1. The lowest BCUT2D eigenvalue weighted by atomic mass is 10.2. The molecule has 29 heavy (non-hydrogen) atoms. The molecule has 6 nitrogen and oxygen atoms in total. The first-order chi connectivity index (χ1) is 14.2. The van der Waals surface area contributed by atoms with E-state index >= 15 is 0 Å². The van der Waals surface area contributed by atoms with Crippen LogP contribution in [0.5, 0.6) is 11.5 Å². The zero-order valence-corrected chi connectivity index (χ0v) is 16.7. The lowest BCUT2D eigenvalue weighted by molar-refractivity contribution is 0.103. The van der Waals surface area contributed by atoms with E-state index in [0.29, 0.717) is 35.3 Å². The number of benzene rings is 2. The van der Waals surface area contributed by atoms with E-state index in [-0.39, 0.29) is 5.91 Å². The highest BCUT2D eigenvalue weighted by molar-refractivity contribution is 7.20. The zero-order valence-electron chi connectivity index (χ0n) is 15.8. The van der Waals surface area contributed by atoms with Crippen LogP contribution in [0.15, 0.2) is 54.6 Å². The molecule has 5 rings (SSSR count). The molecule has 0 saturated carbocycles. The highest BCUT2D eigenvalue weighted by Gasteiger charge is 2.18. The number of ether oxygens (including phenoxy) is 2. The molecule has 3 heterocycles. The van der Waals surface area contributed by atoms with Crippen LogP contribution in [0, 0.1) is 6.92 Å². The van der Waals surface area contributed by atoms with Crippen molar-refractivity contribution in [1.82, 2.24) is 9.78 Å². The Balaban J connectivity index is 1.44. The van der Waals surface area contributed by atoms with Gasteiger partial charge in [-0.25, -0.2) is 4.68 Å². The van der Waals surface area contributed by atoms with Gasteiger partial charge in [0.2, 0.25) is 0 Å². The van der Waals surface area contributed by atoms with Gasteiger partial charge in [0, 0.05) is 23.6 Å². The number of aryl methyl sites for hydroxylation is 1. The third-order valence-corrected chi connectivity index (χ3v) is 5.88. The SMILES string of the molecule is Cc1nn(-c2ccccc2)c2sc(C(=O)Nc3ccc4c(c3)OCCCO4)cc12. The summed E-state index contributed by atoms with van der Waals surface area (Å²) in [6.45, 7) is 3.20. The van der Waals surface area contributed by atoms with E-state index in [9.17, 15) is 4.79 Å². The number of para-hydroxylation sites is 1. The van der Waals surface area contributed by atoms with Gasteiger partial charge in [-0.2, -0.15) is 5.10 Å². The minimum absolute atomic E-state index is 0.153. The van der Waals surface area contributed by atoms with Gasteiger partial charge in [0.1, 0.15) is 4.83 Å². The Bertz CT molecular complexity index is 1200. The van der Waals surface area contributed by atoms with Crippen molar-refractivity contribution in [2.75, 3.05) is 18.5 Å². The van der Waals surface area contributed by atoms with Gasteiger partial charge in [0.15, 0.2) is 11.5 Å². The maximum atomic E-state index is 12.9. The van der Waals surface area contributed by atoms with E-state index in [1.54, 1.807) is 0 Å². The Labute approximate surface area is 171 Å². The molecule has 1 N–H and O–H groups in total. The summed E-state index contributed by atoms with van der Waals surface area (Å²) in [5.41, 5.74) is 2.55. The average Bonchev–Trinajstić information content (AvgIpc) is 3.21. The highest BCUT2D eigenvalue weighted by atomic mass is 32.1. The number of fused-ring (bicyclic) bond motifs is 2. The molecule has 1 amide bonds. The molecule has 0 atom stereocenters. The molecule has 0 aliphatic carbocycles. The fourth-order valence-electron chi connectivity index (χ4n) is 3.34. The Morgan fingerprint density at radius 1 is 1.07 bits per heavy atom. The molecule has 2 aromatic heterocycles. The van der Waals surface area contributed by atoms with Gasteiger partial charge in [0.25, 0.3) is 5.91 Å². The van der Waals surface area contributed by atoms with Gasteiger partial charge in [-0.05, 0) is 37.3 Å². The van der Waals surface area contributed by atoms with Crippen molar-refractivity contribution in [2.45, 2.75) is 13.3 Å². The van der Waals surface area contributed by atoms with E-state index in [2.05, 4.69) is 10.4 Å². The Hall–Kier alpha value is -3.32. The predicted octanol–water partition coefficient (Wildman–Crippen LogP) is 4.81. The summed E-state index contributed by atoms with van der Waals surface area (Å²) in [7, 11) is 0. The van der Waals surface area contributed by atoms with E-state index in [0.717, 1.165) is 28.0 Å². The molecule has 1 aliphatic heterocycles. The first-order valence-electron chi connectivity index (χ1n) is 9.44. The molecule has 0 spiro atoms. The molecule has 0 saturated heterocycles. The lowest BCUT2D eigenvalue weighted by Gasteiger charge is -2.10. The van der Waals surface area contributed by atoms with Crippen molar-refractivity contribution in [3.63, 3.8) is 0 Å². The van der Waals surface area contributed by atoms with Crippen LogP contribution < -0.4 is 14.8 Å². The van der Waals surface area contributed by atoms with Crippen molar-refractivity contribution in [3.05, 3.63) is 65.2 Å². The molecule has 0 unspecified atom stereocenters. The number of aromatic nitrogens is 2. The smallest absolute Gasteiger partial charge is 0.265 e. The van der Waals surface area contributed by atoms with Gasteiger partial charge in [-0.3, -0.25) is 4.79 Å². The quantitative estimate of drug-likeness (QED) is 0.531. The van der Waals surface area contributed by atoms with Crippen LogP contribution in [-0.2, 0) is 0 Å². The van der Waals surface area contributed by atoms with Crippen molar-refractivity contribution in [1.29, 1.82) is 0 Å². The fraction of sp³-hybridized carbons (Fsp3) is 0.182. The molecular formula is C22H19N3O3S. The van der Waals surface area contributed by atoms with Crippen molar-refractivity contribution in [2.24, 2.45) is 0 Å². The number of rotatable bonds is 3. The van der Waals surface area contributed by atoms with Crippen LogP contribution in [0.2, 0.25) is 0 Å². The molecule has 0 radical (unpaired) electrons. The van der Waals surface area contributed by atoms with E-state index in [1.165, 1.54) is 11.3 Å². The summed E-state index contributed by atoms with van der Waals surface area (Å²) in [4.78, 5) is 14.5. The molecule has 2 aromatic carbocycles. The first kappa shape index (κ1) is 17.8. The minimum Gasteiger partial charge on any atom is -0.490 e. The van der Waals surface area contributed by atoms with Crippen LogP contribution in [0.1, 0.15) is 21.8 Å². The second kappa shape index (κ2) is 7.25. The molecule has 146 valence electrons. The summed E-state index contributed by atoms with van der Waals surface area (Å²) in [6.07, 6.45) is 0.843. The molecule has 0 fully saturated rings. The Morgan fingerprint density at radius 2 is 1.86 bits per heavy atom. The second-order valence-corrected chi connectivity index (χ2v) is 7.86. The predicted molar refractivity (Wildman–Crippen MR) is 114 cm³/mol. The topological polar surface area (TPSA) is 65.4 Å². The van der Waals surface area contributed by atoms with Crippen molar-refractivity contribution >= 4 is 33.1 Å². The van der Waals surface area contributed by atoms with Crippen LogP contribution >= 0.6 is 11.3 Å². The largest absolute Gasteiger partial charge is 0.490 e. The Morgan fingerprint density at radius 3 is 2.69 bits per heavy atom. The van der Waals surface area contributed by atoms with Gasteiger partial charge in [-0.1, -0.05) is 18.2 Å². The maximum absolute atomic E-state index is 12.9. The van der Waals surface area contributed by atoms with Gasteiger partial charge >= 0.3 is 0 Å².